The first-order valence-electron chi connectivity index (χ1n) is 6.82. The van der Waals surface area contributed by atoms with Crippen molar-refractivity contribution < 1.29 is 9.47 Å². The van der Waals surface area contributed by atoms with Crippen molar-refractivity contribution in [2.24, 2.45) is 0 Å². The SMILES string of the molecule is COC1(Cn2c(CCl)nc3cc(C)ccc32)CCOC1. The summed E-state index contributed by atoms with van der Waals surface area (Å²) in [5.74, 6) is 1.28. The molecular formula is C15H19ClN2O2. The van der Waals surface area contributed by atoms with Gasteiger partial charge >= 0.3 is 0 Å². The highest BCUT2D eigenvalue weighted by atomic mass is 35.5. The van der Waals surface area contributed by atoms with Crippen LogP contribution in [0.2, 0.25) is 0 Å². The lowest BCUT2D eigenvalue weighted by Gasteiger charge is -2.27. The van der Waals surface area contributed by atoms with Crippen molar-refractivity contribution in [2.45, 2.75) is 31.4 Å². The van der Waals surface area contributed by atoms with Crippen LogP contribution < -0.4 is 0 Å². The second-order valence-electron chi connectivity index (χ2n) is 5.43. The predicted octanol–water partition coefficient (Wildman–Crippen LogP) is 2.89. The number of hydrogen-bond donors (Lipinski definition) is 0. The van der Waals surface area contributed by atoms with Crippen LogP contribution in [-0.4, -0.2) is 35.5 Å². The van der Waals surface area contributed by atoms with Gasteiger partial charge in [-0.1, -0.05) is 6.07 Å². The highest BCUT2D eigenvalue weighted by Gasteiger charge is 2.36. The van der Waals surface area contributed by atoms with E-state index < -0.39 is 0 Å². The summed E-state index contributed by atoms with van der Waals surface area (Å²) in [7, 11) is 1.75. The summed E-state index contributed by atoms with van der Waals surface area (Å²) in [6.45, 7) is 4.16. The van der Waals surface area contributed by atoms with Gasteiger partial charge in [0.15, 0.2) is 0 Å². The van der Waals surface area contributed by atoms with Crippen LogP contribution in [0.25, 0.3) is 11.0 Å². The van der Waals surface area contributed by atoms with E-state index in [2.05, 4.69) is 34.7 Å². The zero-order chi connectivity index (χ0) is 14.2. The number of ether oxygens (including phenoxy) is 2. The number of alkyl halides is 1. The first-order valence-corrected chi connectivity index (χ1v) is 7.35. The minimum absolute atomic E-state index is 0.265. The van der Waals surface area contributed by atoms with Crippen LogP contribution in [0, 0.1) is 6.92 Å². The molecular weight excluding hydrogens is 276 g/mol. The highest BCUT2D eigenvalue weighted by Crippen LogP contribution is 2.28. The van der Waals surface area contributed by atoms with Crippen LogP contribution >= 0.6 is 11.6 Å². The topological polar surface area (TPSA) is 36.3 Å². The number of halogens is 1. The van der Waals surface area contributed by atoms with Crippen molar-refractivity contribution in [3.63, 3.8) is 0 Å². The molecule has 1 unspecified atom stereocenters. The summed E-state index contributed by atoms with van der Waals surface area (Å²) in [5, 5.41) is 0. The maximum atomic E-state index is 6.06. The normalized spacial score (nSPS) is 22.8. The number of aromatic nitrogens is 2. The minimum atomic E-state index is -0.265. The van der Waals surface area contributed by atoms with Crippen molar-refractivity contribution >= 4 is 22.6 Å². The van der Waals surface area contributed by atoms with Crippen molar-refractivity contribution in [2.75, 3.05) is 20.3 Å². The minimum Gasteiger partial charge on any atom is -0.378 e. The number of imidazole rings is 1. The number of rotatable bonds is 4. The van der Waals surface area contributed by atoms with Gasteiger partial charge in [0.2, 0.25) is 0 Å². The zero-order valence-electron chi connectivity index (χ0n) is 11.9. The molecule has 1 aromatic heterocycles. The Balaban J connectivity index is 2.05. The number of methoxy groups -OCH3 is 1. The van der Waals surface area contributed by atoms with Crippen LogP contribution in [0.5, 0.6) is 0 Å². The number of benzene rings is 1. The lowest BCUT2D eigenvalue weighted by molar-refractivity contribution is -0.0291. The summed E-state index contributed by atoms with van der Waals surface area (Å²) in [6, 6.07) is 6.29. The van der Waals surface area contributed by atoms with Gasteiger partial charge in [-0.2, -0.15) is 0 Å². The summed E-state index contributed by atoms with van der Waals surface area (Å²) in [6.07, 6.45) is 0.900. The Morgan fingerprint density at radius 1 is 1.50 bits per heavy atom. The van der Waals surface area contributed by atoms with E-state index in [0.29, 0.717) is 12.5 Å². The average Bonchev–Trinajstić information content (AvgIpc) is 3.04. The van der Waals surface area contributed by atoms with Gasteiger partial charge in [0.05, 0.1) is 30.1 Å². The van der Waals surface area contributed by atoms with Gasteiger partial charge in [-0.3, -0.25) is 0 Å². The average molecular weight is 295 g/mol. The van der Waals surface area contributed by atoms with E-state index >= 15 is 0 Å². The molecule has 20 heavy (non-hydrogen) atoms. The molecule has 0 spiro atoms. The maximum Gasteiger partial charge on any atom is 0.124 e. The Morgan fingerprint density at radius 2 is 2.35 bits per heavy atom. The van der Waals surface area contributed by atoms with Crippen LogP contribution in [0.15, 0.2) is 18.2 Å². The first kappa shape index (κ1) is 13.9. The highest BCUT2D eigenvalue weighted by molar-refractivity contribution is 6.16. The van der Waals surface area contributed by atoms with E-state index in [9.17, 15) is 0 Å². The van der Waals surface area contributed by atoms with E-state index in [1.165, 1.54) is 5.56 Å². The molecule has 0 aliphatic carbocycles. The quantitative estimate of drug-likeness (QED) is 0.814. The monoisotopic (exact) mass is 294 g/mol. The number of fused-ring (bicyclic) bond motifs is 1. The Labute approximate surface area is 123 Å². The maximum absolute atomic E-state index is 6.06. The molecule has 1 aromatic carbocycles. The second-order valence-corrected chi connectivity index (χ2v) is 5.70. The Kier molecular flexibility index (Phi) is 3.71. The molecule has 1 aliphatic rings. The number of hydrogen-bond acceptors (Lipinski definition) is 3. The fourth-order valence-electron chi connectivity index (χ4n) is 2.80. The third-order valence-electron chi connectivity index (χ3n) is 4.05. The molecule has 0 radical (unpaired) electrons. The van der Waals surface area contributed by atoms with Gasteiger partial charge in [0.25, 0.3) is 0 Å². The molecule has 108 valence electrons. The third-order valence-corrected chi connectivity index (χ3v) is 4.29. The lowest BCUT2D eigenvalue weighted by atomic mass is 10.0. The van der Waals surface area contributed by atoms with Crippen molar-refractivity contribution in [3.8, 4) is 0 Å². The Bertz CT molecular complexity index is 618. The molecule has 2 aromatic rings. The van der Waals surface area contributed by atoms with Gasteiger partial charge < -0.3 is 14.0 Å². The van der Waals surface area contributed by atoms with Gasteiger partial charge in [0, 0.05) is 20.1 Å². The molecule has 0 saturated carbocycles. The van der Waals surface area contributed by atoms with Gasteiger partial charge in [-0.05, 0) is 24.6 Å². The van der Waals surface area contributed by atoms with Gasteiger partial charge in [0.1, 0.15) is 11.4 Å². The first-order chi connectivity index (χ1) is 9.67. The fraction of sp³-hybridized carbons (Fsp3) is 0.533. The van der Waals surface area contributed by atoms with Crippen LogP contribution in [-0.2, 0) is 21.9 Å². The second kappa shape index (κ2) is 5.35. The number of aryl methyl sites for hydroxylation is 1. The smallest absolute Gasteiger partial charge is 0.124 e. The molecule has 1 atom stereocenters. The summed E-state index contributed by atoms with van der Waals surface area (Å²) < 4.78 is 13.4. The Morgan fingerprint density at radius 3 is 3.00 bits per heavy atom. The van der Waals surface area contributed by atoms with Gasteiger partial charge in [-0.25, -0.2) is 4.98 Å². The van der Waals surface area contributed by atoms with E-state index in [1.807, 2.05) is 0 Å². The molecule has 2 heterocycles. The van der Waals surface area contributed by atoms with Crippen molar-refractivity contribution in [1.82, 2.24) is 9.55 Å². The Hall–Kier alpha value is -1.10. The standard InChI is InChI=1S/C15H19ClN2O2/c1-11-3-4-13-12(7-11)17-14(8-16)18(13)9-15(19-2)5-6-20-10-15/h3-4,7H,5-6,8-10H2,1-2H3. The molecule has 5 heteroatoms. The van der Waals surface area contributed by atoms with E-state index in [1.54, 1.807) is 7.11 Å². The van der Waals surface area contributed by atoms with Gasteiger partial charge in [-0.15, -0.1) is 11.6 Å². The van der Waals surface area contributed by atoms with Crippen LogP contribution in [0.1, 0.15) is 17.8 Å². The molecule has 1 fully saturated rings. The van der Waals surface area contributed by atoms with E-state index in [0.717, 1.165) is 36.4 Å². The van der Waals surface area contributed by atoms with Crippen LogP contribution in [0.3, 0.4) is 0 Å². The molecule has 3 rings (SSSR count). The molecule has 1 aliphatic heterocycles. The molecule has 4 nitrogen and oxygen atoms in total. The number of nitrogens with zero attached hydrogens (tertiary/aromatic N) is 2. The molecule has 0 bridgehead atoms. The molecule has 0 amide bonds. The lowest BCUT2D eigenvalue weighted by Crippen LogP contribution is -2.37. The summed E-state index contributed by atoms with van der Waals surface area (Å²) in [4.78, 5) is 4.63. The van der Waals surface area contributed by atoms with Crippen molar-refractivity contribution in [1.29, 1.82) is 0 Å². The third kappa shape index (κ3) is 2.32. The van der Waals surface area contributed by atoms with Crippen LogP contribution in [0.4, 0.5) is 0 Å². The zero-order valence-corrected chi connectivity index (χ0v) is 12.6. The molecule has 1 saturated heterocycles. The predicted molar refractivity (Wildman–Crippen MR) is 79.2 cm³/mol. The summed E-state index contributed by atoms with van der Waals surface area (Å²) in [5.41, 5.74) is 3.04. The van der Waals surface area contributed by atoms with E-state index in [4.69, 9.17) is 21.1 Å². The van der Waals surface area contributed by atoms with E-state index in [-0.39, 0.29) is 5.60 Å². The van der Waals surface area contributed by atoms with Crippen molar-refractivity contribution in [3.05, 3.63) is 29.6 Å². The molecule has 0 N–H and O–H groups in total. The fourth-order valence-corrected chi connectivity index (χ4v) is 3.00. The largest absolute Gasteiger partial charge is 0.378 e. The summed E-state index contributed by atoms with van der Waals surface area (Å²) >= 11 is 6.06.